The van der Waals surface area contributed by atoms with Gasteiger partial charge in [0.15, 0.2) is 0 Å². The number of nitrogens with zero attached hydrogens (tertiary/aromatic N) is 2. The highest BCUT2D eigenvalue weighted by molar-refractivity contribution is 6.35. The lowest BCUT2D eigenvalue weighted by Crippen LogP contribution is -2.15. The van der Waals surface area contributed by atoms with E-state index >= 15 is 0 Å². The molecule has 140 valence electrons. The van der Waals surface area contributed by atoms with Crippen LogP contribution in [-0.4, -0.2) is 10.9 Å². The number of ether oxygens (including phenoxy) is 1. The Morgan fingerprint density at radius 1 is 1.21 bits per heavy atom. The summed E-state index contributed by atoms with van der Waals surface area (Å²) in [5.41, 5.74) is 2.50. The molecule has 1 aromatic heterocycles. The van der Waals surface area contributed by atoms with E-state index in [4.69, 9.17) is 33.2 Å². The minimum absolute atomic E-state index is 0.132. The van der Waals surface area contributed by atoms with Crippen LogP contribution < -0.4 is 10.1 Å². The molecular formula is C21H15Cl2N3O2. The molecule has 1 N–H and O–H groups in total. The molecule has 3 aromatic rings. The summed E-state index contributed by atoms with van der Waals surface area (Å²) >= 11 is 12.0. The lowest BCUT2D eigenvalue weighted by Gasteiger charge is -2.12. The minimum atomic E-state index is -0.197. The molecule has 0 saturated carbocycles. The molecule has 0 radical (unpaired) electrons. The van der Waals surface area contributed by atoms with Crippen LogP contribution in [0.15, 0.2) is 54.7 Å². The number of carbonyl (C=O) groups is 1. The number of hydrogen-bond acceptors (Lipinski definition) is 4. The number of nitrogens with one attached hydrogen (secondary N) is 1. The number of pyridine rings is 1. The summed E-state index contributed by atoms with van der Waals surface area (Å²) in [5, 5.41) is 12.9. The Labute approximate surface area is 172 Å². The number of hydrogen-bond donors (Lipinski definition) is 1. The van der Waals surface area contributed by atoms with Crippen molar-refractivity contribution in [1.82, 2.24) is 4.98 Å². The molecule has 0 aliphatic carbocycles. The average molecular weight is 412 g/mol. The summed E-state index contributed by atoms with van der Waals surface area (Å²) in [6.45, 7) is 1.85. The van der Waals surface area contributed by atoms with Gasteiger partial charge in [0.2, 0.25) is 11.8 Å². The molecule has 0 bridgehead atoms. The number of nitriles is 1. The largest absolute Gasteiger partial charge is 0.438 e. The van der Waals surface area contributed by atoms with E-state index in [-0.39, 0.29) is 18.2 Å². The van der Waals surface area contributed by atoms with Gasteiger partial charge in [-0.15, -0.1) is 0 Å². The maximum absolute atomic E-state index is 12.4. The van der Waals surface area contributed by atoms with Crippen molar-refractivity contribution >= 4 is 34.8 Å². The van der Waals surface area contributed by atoms with E-state index in [2.05, 4.69) is 10.3 Å². The molecule has 28 heavy (non-hydrogen) atoms. The summed E-state index contributed by atoms with van der Waals surface area (Å²) in [4.78, 5) is 16.4. The molecule has 0 fully saturated rings. The van der Waals surface area contributed by atoms with Crippen molar-refractivity contribution in [2.45, 2.75) is 13.3 Å². The fourth-order valence-corrected chi connectivity index (χ4v) is 3.02. The number of benzene rings is 2. The Morgan fingerprint density at radius 3 is 2.75 bits per heavy atom. The molecule has 0 aliphatic heterocycles. The molecule has 0 spiro atoms. The zero-order valence-electron chi connectivity index (χ0n) is 14.9. The van der Waals surface area contributed by atoms with E-state index in [9.17, 15) is 4.79 Å². The second-order valence-corrected chi connectivity index (χ2v) is 6.85. The molecule has 0 saturated heterocycles. The first-order chi connectivity index (χ1) is 13.5. The average Bonchev–Trinajstić information content (AvgIpc) is 2.67. The molecule has 0 aliphatic rings. The lowest BCUT2D eigenvalue weighted by atomic mass is 10.1. The SMILES string of the molecule is Cc1cc(Oc2ncccc2C#N)ccc1NC(=O)Cc1ccc(Cl)cc1Cl. The first kappa shape index (κ1) is 19.7. The summed E-state index contributed by atoms with van der Waals surface area (Å²) in [5.74, 6) is 0.558. The molecule has 0 atom stereocenters. The van der Waals surface area contributed by atoms with Gasteiger partial charge in [0.1, 0.15) is 17.4 Å². The molecule has 7 heteroatoms. The van der Waals surface area contributed by atoms with Crippen molar-refractivity contribution in [2.24, 2.45) is 0 Å². The minimum Gasteiger partial charge on any atom is -0.438 e. The second-order valence-electron chi connectivity index (χ2n) is 6.01. The van der Waals surface area contributed by atoms with Crippen molar-refractivity contribution in [1.29, 1.82) is 5.26 Å². The van der Waals surface area contributed by atoms with E-state index in [0.717, 1.165) is 5.56 Å². The van der Waals surface area contributed by atoms with Crippen LogP contribution in [0.3, 0.4) is 0 Å². The second kappa shape index (κ2) is 8.75. The van der Waals surface area contributed by atoms with E-state index in [1.165, 1.54) is 0 Å². The normalized spacial score (nSPS) is 10.2. The fourth-order valence-electron chi connectivity index (χ4n) is 2.54. The number of amides is 1. The summed E-state index contributed by atoms with van der Waals surface area (Å²) in [6, 6.07) is 15.6. The summed E-state index contributed by atoms with van der Waals surface area (Å²) < 4.78 is 5.69. The summed E-state index contributed by atoms with van der Waals surface area (Å²) in [6.07, 6.45) is 1.69. The van der Waals surface area contributed by atoms with Gasteiger partial charge >= 0.3 is 0 Å². The Balaban J connectivity index is 1.70. The summed E-state index contributed by atoms with van der Waals surface area (Å²) in [7, 11) is 0. The van der Waals surface area contributed by atoms with Crippen molar-refractivity contribution < 1.29 is 9.53 Å². The Bertz CT molecular complexity index is 1080. The van der Waals surface area contributed by atoms with Gasteiger partial charge in [0.25, 0.3) is 0 Å². The zero-order chi connectivity index (χ0) is 20.1. The van der Waals surface area contributed by atoms with Crippen LogP contribution in [0, 0.1) is 18.3 Å². The predicted octanol–water partition coefficient (Wildman–Crippen LogP) is 5.54. The van der Waals surface area contributed by atoms with Gasteiger partial charge in [-0.3, -0.25) is 4.79 Å². The third-order valence-electron chi connectivity index (χ3n) is 3.94. The Hall–Kier alpha value is -3.07. The standard InChI is InChI=1S/C21H15Cl2N3O2/c1-13-9-17(28-21-15(12-24)3-2-8-25-21)6-7-19(13)26-20(27)10-14-4-5-16(22)11-18(14)23/h2-9,11H,10H2,1H3,(H,26,27). The van der Waals surface area contributed by atoms with Crippen LogP contribution in [0.2, 0.25) is 10.0 Å². The topological polar surface area (TPSA) is 75.0 Å². The predicted molar refractivity (Wildman–Crippen MR) is 109 cm³/mol. The first-order valence-corrected chi connectivity index (χ1v) is 9.09. The molecule has 0 unspecified atom stereocenters. The van der Waals surface area contributed by atoms with Crippen molar-refractivity contribution in [2.75, 3.05) is 5.32 Å². The molecule has 3 rings (SSSR count). The number of aryl methyl sites for hydroxylation is 1. The van der Waals surface area contributed by atoms with E-state index in [1.807, 2.05) is 13.0 Å². The third kappa shape index (κ3) is 4.80. The van der Waals surface area contributed by atoms with Crippen LogP contribution in [0.4, 0.5) is 5.69 Å². The quantitative estimate of drug-likeness (QED) is 0.597. The Kier molecular flexibility index (Phi) is 6.15. The van der Waals surface area contributed by atoms with Gasteiger partial charge in [-0.25, -0.2) is 4.98 Å². The smallest absolute Gasteiger partial charge is 0.237 e. The van der Waals surface area contributed by atoms with Gasteiger partial charge in [0.05, 0.1) is 6.42 Å². The molecule has 1 heterocycles. The van der Waals surface area contributed by atoms with Crippen molar-refractivity contribution in [3.05, 3.63) is 81.5 Å². The number of carbonyl (C=O) groups excluding carboxylic acids is 1. The fraction of sp³-hybridized carbons (Fsp3) is 0.0952. The maximum Gasteiger partial charge on any atom is 0.237 e. The van der Waals surface area contributed by atoms with Gasteiger partial charge in [-0.1, -0.05) is 29.3 Å². The molecule has 2 aromatic carbocycles. The van der Waals surface area contributed by atoms with Crippen LogP contribution >= 0.6 is 23.2 Å². The maximum atomic E-state index is 12.4. The highest BCUT2D eigenvalue weighted by Crippen LogP contribution is 2.27. The lowest BCUT2D eigenvalue weighted by molar-refractivity contribution is -0.115. The molecular weight excluding hydrogens is 397 g/mol. The Morgan fingerprint density at radius 2 is 2.04 bits per heavy atom. The number of aromatic nitrogens is 1. The highest BCUT2D eigenvalue weighted by Gasteiger charge is 2.11. The van der Waals surface area contributed by atoms with Crippen molar-refractivity contribution in [3.63, 3.8) is 0 Å². The monoisotopic (exact) mass is 411 g/mol. The van der Waals surface area contributed by atoms with Gasteiger partial charge in [0, 0.05) is 21.9 Å². The van der Waals surface area contributed by atoms with Gasteiger partial charge in [-0.05, 0) is 60.5 Å². The van der Waals surface area contributed by atoms with E-state index in [1.54, 1.807) is 54.7 Å². The molecule has 1 amide bonds. The third-order valence-corrected chi connectivity index (χ3v) is 4.53. The first-order valence-electron chi connectivity index (χ1n) is 8.33. The number of halogens is 2. The zero-order valence-corrected chi connectivity index (χ0v) is 16.4. The van der Waals surface area contributed by atoms with Crippen LogP contribution in [0.1, 0.15) is 16.7 Å². The highest BCUT2D eigenvalue weighted by atomic mass is 35.5. The van der Waals surface area contributed by atoms with Gasteiger partial charge < -0.3 is 10.1 Å². The van der Waals surface area contributed by atoms with E-state index < -0.39 is 0 Å². The molecule has 5 nitrogen and oxygen atoms in total. The van der Waals surface area contributed by atoms with E-state index in [0.29, 0.717) is 32.6 Å². The van der Waals surface area contributed by atoms with Crippen molar-refractivity contribution in [3.8, 4) is 17.7 Å². The van der Waals surface area contributed by atoms with Crippen LogP contribution in [-0.2, 0) is 11.2 Å². The number of anilines is 1. The number of rotatable bonds is 5. The van der Waals surface area contributed by atoms with Crippen LogP contribution in [0.25, 0.3) is 0 Å². The van der Waals surface area contributed by atoms with Gasteiger partial charge in [-0.2, -0.15) is 5.26 Å². The van der Waals surface area contributed by atoms with Crippen LogP contribution in [0.5, 0.6) is 11.6 Å².